The smallest absolute Gasteiger partial charge is 0.0499 e. The number of nitrogens with zero attached hydrogens (tertiary/aromatic N) is 1. The van der Waals surface area contributed by atoms with Crippen molar-refractivity contribution in [2.45, 2.75) is 38.1 Å². The molecule has 0 aromatic heterocycles. The molecule has 1 saturated carbocycles. The Labute approximate surface area is 94.5 Å². The van der Waals surface area contributed by atoms with E-state index in [0.717, 1.165) is 0 Å². The van der Waals surface area contributed by atoms with E-state index in [9.17, 15) is 0 Å². The van der Waals surface area contributed by atoms with Crippen LogP contribution in [-0.2, 0) is 0 Å². The first-order valence-electron chi connectivity index (χ1n) is 5.38. The highest BCUT2D eigenvalue weighted by Crippen LogP contribution is 2.29. The number of para-hydroxylation sites is 1. The lowest BCUT2D eigenvalue weighted by Crippen LogP contribution is -2.28. The summed E-state index contributed by atoms with van der Waals surface area (Å²) in [5.41, 5.74) is 1.28. The SMILES string of the molecule is BrN(c1ccccc1)C1CCCCC1. The number of rotatable bonds is 2. The summed E-state index contributed by atoms with van der Waals surface area (Å²) in [7, 11) is 0. The van der Waals surface area contributed by atoms with Crippen LogP contribution in [0.4, 0.5) is 5.69 Å². The minimum atomic E-state index is 0.686. The molecule has 1 aliphatic rings. The zero-order valence-electron chi connectivity index (χ0n) is 8.32. The van der Waals surface area contributed by atoms with Crippen molar-refractivity contribution in [3.05, 3.63) is 30.3 Å². The number of hydrogen-bond acceptors (Lipinski definition) is 1. The van der Waals surface area contributed by atoms with Gasteiger partial charge in [0.2, 0.25) is 0 Å². The molecule has 0 radical (unpaired) electrons. The highest BCUT2D eigenvalue weighted by atomic mass is 79.9. The van der Waals surface area contributed by atoms with Gasteiger partial charge in [0.15, 0.2) is 0 Å². The van der Waals surface area contributed by atoms with E-state index in [-0.39, 0.29) is 0 Å². The summed E-state index contributed by atoms with van der Waals surface area (Å²) in [6.45, 7) is 0. The maximum absolute atomic E-state index is 3.68. The minimum absolute atomic E-state index is 0.686. The van der Waals surface area contributed by atoms with E-state index in [2.05, 4.69) is 50.4 Å². The molecule has 0 bridgehead atoms. The van der Waals surface area contributed by atoms with E-state index < -0.39 is 0 Å². The summed E-state index contributed by atoms with van der Waals surface area (Å²) in [5, 5.41) is 0. The lowest BCUT2D eigenvalue weighted by Gasteiger charge is -2.30. The van der Waals surface area contributed by atoms with Gasteiger partial charge in [0.05, 0.1) is 0 Å². The molecule has 1 aliphatic carbocycles. The highest BCUT2D eigenvalue weighted by Gasteiger charge is 2.19. The summed E-state index contributed by atoms with van der Waals surface area (Å²) < 4.78 is 2.26. The predicted molar refractivity (Wildman–Crippen MR) is 64.7 cm³/mol. The number of hydrogen-bond donors (Lipinski definition) is 0. The molecule has 0 N–H and O–H groups in total. The van der Waals surface area contributed by atoms with Crippen LogP contribution < -0.4 is 3.93 Å². The number of halogens is 1. The molecule has 0 saturated heterocycles. The molecule has 76 valence electrons. The zero-order valence-corrected chi connectivity index (χ0v) is 9.91. The van der Waals surface area contributed by atoms with Gasteiger partial charge in [-0.25, -0.2) is 0 Å². The summed E-state index contributed by atoms with van der Waals surface area (Å²) in [4.78, 5) is 0. The molecule has 2 rings (SSSR count). The van der Waals surface area contributed by atoms with Gasteiger partial charge in [0.1, 0.15) is 0 Å². The van der Waals surface area contributed by atoms with E-state index in [4.69, 9.17) is 0 Å². The fourth-order valence-corrected chi connectivity index (χ4v) is 2.73. The normalized spacial score (nSPS) is 18.1. The topological polar surface area (TPSA) is 3.24 Å². The third-order valence-electron chi connectivity index (χ3n) is 2.90. The molecule has 0 aliphatic heterocycles. The predicted octanol–water partition coefficient (Wildman–Crippen LogP) is 4.14. The molecular weight excluding hydrogens is 238 g/mol. The van der Waals surface area contributed by atoms with Crippen LogP contribution in [0.15, 0.2) is 30.3 Å². The van der Waals surface area contributed by atoms with Gasteiger partial charge in [-0.2, -0.15) is 0 Å². The first-order chi connectivity index (χ1) is 6.88. The van der Waals surface area contributed by atoms with Gasteiger partial charge < -0.3 is 3.93 Å². The minimum Gasteiger partial charge on any atom is -0.306 e. The van der Waals surface area contributed by atoms with Gasteiger partial charge in [-0.3, -0.25) is 0 Å². The van der Waals surface area contributed by atoms with Crippen LogP contribution in [0.2, 0.25) is 0 Å². The average Bonchev–Trinajstić information content (AvgIpc) is 2.30. The molecule has 2 heteroatoms. The van der Waals surface area contributed by atoms with Crippen molar-refractivity contribution in [2.75, 3.05) is 3.93 Å². The number of benzene rings is 1. The second-order valence-electron chi connectivity index (χ2n) is 3.94. The molecule has 1 nitrogen and oxygen atoms in total. The first kappa shape index (κ1) is 10.0. The van der Waals surface area contributed by atoms with Crippen molar-refractivity contribution in [3.8, 4) is 0 Å². The van der Waals surface area contributed by atoms with Crippen LogP contribution in [0, 0.1) is 0 Å². The van der Waals surface area contributed by atoms with Crippen molar-refractivity contribution >= 4 is 21.8 Å². The Balaban J connectivity index is 2.03. The van der Waals surface area contributed by atoms with Gasteiger partial charge >= 0.3 is 0 Å². The van der Waals surface area contributed by atoms with Crippen LogP contribution in [0.5, 0.6) is 0 Å². The van der Waals surface area contributed by atoms with Crippen LogP contribution in [0.3, 0.4) is 0 Å². The van der Waals surface area contributed by atoms with E-state index in [1.165, 1.54) is 37.8 Å². The van der Waals surface area contributed by atoms with Gasteiger partial charge in [-0.1, -0.05) is 37.5 Å². The molecular formula is C12H16BrN. The van der Waals surface area contributed by atoms with Crippen LogP contribution >= 0.6 is 16.1 Å². The molecule has 0 unspecified atom stereocenters. The molecule has 1 fully saturated rings. The van der Waals surface area contributed by atoms with Crippen molar-refractivity contribution < 1.29 is 0 Å². The second kappa shape index (κ2) is 4.83. The molecule has 0 heterocycles. The Kier molecular flexibility index (Phi) is 3.46. The van der Waals surface area contributed by atoms with Gasteiger partial charge in [-0.15, -0.1) is 0 Å². The molecule has 1 aromatic rings. The van der Waals surface area contributed by atoms with Crippen molar-refractivity contribution in [3.63, 3.8) is 0 Å². The lowest BCUT2D eigenvalue weighted by molar-refractivity contribution is 0.448. The van der Waals surface area contributed by atoms with Gasteiger partial charge in [-0.05, 0) is 25.0 Å². The highest BCUT2D eigenvalue weighted by molar-refractivity contribution is 9.10. The quantitative estimate of drug-likeness (QED) is 0.717. The standard InChI is InChI=1S/C12H16BrN/c13-14(11-7-3-1-4-8-11)12-9-5-2-6-10-12/h1,3-4,7-8,12H,2,5-6,9-10H2. The van der Waals surface area contributed by atoms with E-state index in [0.29, 0.717) is 6.04 Å². The van der Waals surface area contributed by atoms with E-state index in [1.807, 2.05) is 0 Å². The average molecular weight is 254 g/mol. The lowest BCUT2D eigenvalue weighted by atomic mass is 9.95. The summed E-state index contributed by atoms with van der Waals surface area (Å²) in [5.74, 6) is 0. The van der Waals surface area contributed by atoms with Gasteiger partial charge in [0, 0.05) is 27.9 Å². The maximum Gasteiger partial charge on any atom is 0.0499 e. The molecule has 14 heavy (non-hydrogen) atoms. The molecule has 0 atom stereocenters. The van der Waals surface area contributed by atoms with Crippen molar-refractivity contribution in [1.82, 2.24) is 0 Å². The van der Waals surface area contributed by atoms with Crippen LogP contribution in [-0.4, -0.2) is 6.04 Å². The van der Waals surface area contributed by atoms with Gasteiger partial charge in [0.25, 0.3) is 0 Å². The first-order valence-corrected chi connectivity index (χ1v) is 6.09. The molecule has 0 amide bonds. The molecule has 0 spiro atoms. The number of anilines is 1. The Morgan fingerprint density at radius 3 is 2.29 bits per heavy atom. The Morgan fingerprint density at radius 2 is 1.64 bits per heavy atom. The fraction of sp³-hybridized carbons (Fsp3) is 0.500. The Hall–Kier alpha value is -0.500. The van der Waals surface area contributed by atoms with E-state index in [1.54, 1.807) is 0 Å². The Bertz CT molecular complexity index is 267. The van der Waals surface area contributed by atoms with Crippen LogP contribution in [0.1, 0.15) is 32.1 Å². The Morgan fingerprint density at radius 1 is 1.00 bits per heavy atom. The summed E-state index contributed by atoms with van der Waals surface area (Å²) in [6.07, 6.45) is 6.80. The third kappa shape index (κ3) is 2.30. The monoisotopic (exact) mass is 253 g/mol. The van der Waals surface area contributed by atoms with Crippen LogP contribution in [0.25, 0.3) is 0 Å². The zero-order chi connectivity index (χ0) is 9.80. The third-order valence-corrected chi connectivity index (χ3v) is 3.89. The van der Waals surface area contributed by atoms with E-state index >= 15 is 0 Å². The molecule has 1 aromatic carbocycles. The summed E-state index contributed by atoms with van der Waals surface area (Å²) in [6, 6.07) is 11.2. The summed E-state index contributed by atoms with van der Waals surface area (Å²) >= 11 is 3.68. The van der Waals surface area contributed by atoms with Crippen molar-refractivity contribution in [2.24, 2.45) is 0 Å². The second-order valence-corrected chi connectivity index (χ2v) is 4.70. The maximum atomic E-state index is 3.68. The largest absolute Gasteiger partial charge is 0.306 e. The van der Waals surface area contributed by atoms with Crippen molar-refractivity contribution in [1.29, 1.82) is 0 Å². The fourth-order valence-electron chi connectivity index (χ4n) is 2.09.